The summed E-state index contributed by atoms with van der Waals surface area (Å²) in [6.07, 6.45) is 3.81. The molecule has 1 amide bonds. The van der Waals surface area contributed by atoms with Crippen LogP contribution in [0.4, 0.5) is 5.69 Å². The topological polar surface area (TPSA) is 23.6 Å². The Morgan fingerprint density at radius 1 is 1.24 bits per heavy atom. The average Bonchev–Trinajstić information content (AvgIpc) is 2.45. The lowest BCUT2D eigenvalue weighted by Gasteiger charge is -2.22. The van der Waals surface area contributed by atoms with E-state index in [9.17, 15) is 4.79 Å². The Balaban J connectivity index is 3.03. The molecule has 0 spiro atoms. The van der Waals surface area contributed by atoms with E-state index >= 15 is 0 Å². The molecule has 0 atom stereocenters. The number of hydrogen-bond acceptors (Lipinski definition) is 4. The van der Waals surface area contributed by atoms with Crippen LogP contribution in [0.1, 0.15) is 19.4 Å². The van der Waals surface area contributed by atoms with Gasteiger partial charge in [0, 0.05) is 25.8 Å². The molecule has 0 saturated heterocycles. The smallest absolute Gasteiger partial charge is 0.265 e. The zero-order valence-corrected chi connectivity index (χ0v) is 14.8. The lowest BCUT2D eigenvalue weighted by molar-refractivity contribution is -0.123. The van der Waals surface area contributed by atoms with Crippen molar-refractivity contribution in [2.45, 2.75) is 19.9 Å². The van der Waals surface area contributed by atoms with E-state index in [2.05, 4.69) is 0 Å². The lowest BCUT2D eigenvalue weighted by Crippen LogP contribution is -2.35. The van der Waals surface area contributed by atoms with Crippen molar-refractivity contribution in [1.29, 1.82) is 0 Å². The van der Waals surface area contributed by atoms with E-state index in [4.69, 9.17) is 12.2 Å². The van der Waals surface area contributed by atoms with E-state index in [0.717, 1.165) is 11.3 Å². The van der Waals surface area contributed by atoms with Crippen LogP contribution in [-0.2, 0) is 4.79 Å². The molecule has 0 bridgehead atoms. The number of carbonyl (C=O) groups excluding carboxylic acids is 1. The third-order valence-electron chi connectivity index (χ3n) is 3.04. The highest BCUT2D eigenvalue weighted by atomic mass is 32.2. The van der Waals surface area contributed by atoms with E-state index in [0.29, 0.717) is 4.91 Å². The fourth-order valence-corrected chi connectivity index (χ4v) is 2.63. The lowest BCUT2D eigenvalue weighted by atomic mass is 10.2. The van der Waals surface area contributed by atoms with Crippen LogP contribution >= 0.6 is 24.0 Å². The summed E-state index contributed by atoms with van der Waals surface area (Å²) in [5.74, 6) is -0.0517. The number of anilines is 1. The van der Waals surface area contributed by atoms with Gasteiger partial charge in [0.25, 0.3) is 5.91 Å². The van der Waals surface area contributed by atoms with Crippen LogP contribution in [0.3, 0.4) is 0 Å². The molecule has 0 radical (unpaired) electrons. The number of amides is 1. The Hall–Kier alpha value is -1.33. The Labute approximate surface area is 137 Å². The number of benzene rings is 1. The van der Waals surface area contributed by atoms with Crippen molar-refractivity contribution < 1.29 is 4.79 Å². The van der Waals surface area contributed by atoms with Gasteiger partial charge in [-0.1, -0.05) is 24.4 Å². The minimum atomic E-state index is -0.0517. The van der Waals surface area contributed by atoms with Crippen LogP contribution in [0.25, 0.3) is 6.08 Å². The molecule has 5 heteroatoms. The predicted octanol–water partition coefficient (Wildman–Crippen LogP) is 3.65. The molecule has 114 valence electrons. The maximum atomic E-state index is 12.5. The van der Waals surface area contributed by atoms with Crippen molar-refractivity contribution in [3.63, 3.8) is 0 Å². The van der Waals surface area contributed by atoms with Crippen LogP contribution in [-0.4, -0.2) is 42.7 Å². The normalized spacial score (nSPS) is 11.4. The Bertz CT molecular complexity index is 522. The zero-order chi connectivity index (χ0) is 16.0. The van der Waals surface area contributed by atoms with Gasteiger partial charge in [-0.3, -0.25) is 4.79 Å². The second kappa shape index (κ2) is 8.20. The molecule has 0 saturated carbocycles. The van der Waals surface area contributed by atoms with Gasteiger partial charge in [-0.2, -0.15) is 0 Å². The van der Waals surface area contributed by atoms with Crippen LogP contribution in [0.5, 0.6) is 0 Å². The zero-order valence-electron chi connectivity index (χ0n) is 13.2. The van der Waals surface area contributed by atoms with E-state index in [1.54, 1.807) is 4.90 Å². The number of nitrogens with zero attached hydrogens (tertiary/aromatic N) is 2. The van der Waals surface area contributed by atoms with Gasteiger partial charge in [-0.15, -0.1) is 11.8 Å². The molecule has 3 nitrogen and oxygen atoms in total. The van der Waals surface area contributed by atoms with E-state index < -0.39 is 0 Å². The standard InChI is InChI=1S/C16H22N2OS2/c1-12(2)18(11-20)16(19)15(21-5)10-13-6-8-14(9-7-13)17(3)4/h6-12H,1-5H3/b15-10+. The molecule has 0 aromatic heterocycles. The molecule has 1 aromatic rings. The highest BCUT2D eigenvalue weighted by molar-refractivity contribution is 8.03. The molecule has 0 unspecified atom stereocenters. The number of thiocarbonyl (C=S) groups is 1. The predicted molar refractivity (Wildman–Crippen MR) is 97.9 cm³/mol. The summed E-state index contributed by atoms with van der Waals surface area (Å²) in [5, 5.41) is 0. The molecule has 21 heavy (non-hydrogen) atoms. The average molecular weight is 322 g/mol. The van der Waals surface area contributed by atoms with Crippen molar-refractivity contribution in [2.75, 3.05) is 25.3 Å². The Morgan fingerprint density at radius 3 is 2.19 bits per heavy atom. The number of hydrogen-bond donors (Lipinski definition) is 0. The highest BCUT2D eigenvalue weighted by Gasteiger charge is 2.18. The van der Waals surface area contributed by atoms with Crippen molar-refractivity contribution >= 4 is 47.1 Å². The third-order valence-corrected chi connectivity index (χ3v) is 4.00. The van der Waals surface area contributed by atoms with E-state index in [-0.39, 0.29) is 11.9 Å². The second-order valence-electron chi connectivity index (χ2n) is 5.11. The number of rotatable bonds is 6. The summed E-state index contributed by atoms with van der Waals surface area (Å²) in [7, 11) is 4.00. The van der Waals surface area contributed by atoms with Crippen LogP contribution in [0.2, 0.25) is 0 Å². The fourth-order valence-electron chi connectivity index (χ4n) is 1.76. The first-order valence-electron chi connectivity index (χ1n) is 6.71. The molecular formula is C16H22N2OS2. The molecule has 0 aliphatic carbocycles. The molecule has 0 fully saturated rings. The molecule has 0 heterocycles. The van der Waals surface area contributed by atoms with Crippen molar-refractivity contribution in [3.8, 4) is 0 Å². The monoisotopic (exact) mass is 322 g/mol. The Kier molecular flexibility index (Phi) is 6.92. The van der Waals surface area contributed by atoms with E-state index in [1.165, 1.54) is 17.3 Å². The van der Waals surface area contributed by atoms with Crippen LogP contribution < -0.4 is 4.90 Å². The fraction of sp³-hybridized carbons (Fsp3) is 0.375. The maximum absolute atomic E-state index is 12.5. The largest absolute Gasteiger partial charge is 0.378 e. The van der Waals surface area contributed by atoms with E-state index in [1.807, 2.05) is 69.4 Å². The van der Waals surface area contributed by atoms with Gasteiger partial charge >= 0.3 is 0 Å². The Morgan fingerprint density at radius 2 is 1.81 bits per heavy atom. The summed E-state index contributed by atoms with van der Waals surface area (Å²) in [6, 6.07) is 8.15. The molecule has 1 rings (SSSR count). The van der Waals surface area contributed by atoms with Crippen molar-refractivity contribution in [1.82, 2.24) is 4.90 Å². The minimum Gasteiger partial charge on any atom is -0.378 e. The first kappa shape index (κ1) is 17.7. The van der Waals surface area contributed by atoms with Gasteiger partial charge in [-0.25, -0.2) is 0 Å². The van der Waals surface area contributed by atoms with Gasteiger partial charge in [0.1, 0.15) is 0 Å². The van der Waals surface area contributed by atoms with Crippen molar-refractivity contribution in [2.24, 2.45) is 0 Å². The summed E-state index contributed by atoms with van der Waals surface area (Å²) in [5.41, 5.74) is 3.56. The first-order valence-corrected chi connectivity index (χ1v) is 8.41. The third kappa shape index (κ3) is 4.86. The summed E-state index contributed by atoms with van der Waals surface area (Å²) in [6.45, 7) is 3.90. The van der Waals surface area contributed by atoms with Gasteiger partial charge in [0.15, 0.2) is 0 Å². The molecule has 1 aromatic carbocycles. The van der Waals surface area contributed by atoms with Gasteiger partial charge in [0.05, 0.1) is 10.4 Å². The molecular weight excluding hydrogens is 300 g/mol. The quantitative estimate of drug-likeness (QED) is 0.589. The molecule has 0 N–H and O–H groups in total. The number of thioether (sulfide) groups is 1. The summed E-state index contributed by atoms with van der Waals surface area (Å²) >= 11 is 6.38. The van der Waals surface area contributed by atoms with Gasteiger partial charge in [0.2, 0.25) is 0 Å². The molecule has 0 aliphatic heterocycles. The SMILES string of the molecule is CS/C(=C/c1ccc(N(C)C)cc1)C(=O)N(C=S)C(C)C. The summed E-state index contributed by atoms with van der Waals surface area (Å²) in [4.78, 5) is 16.8. The second-order valence-corrected chi connectivity index (χ2v) is 6.17. The summed E-state index contributed by atoms with van der Waals surface area (Å²) < 4.78 is 0. The van der Waals surface area contributed by atoms with Gasteiger partial charge in [-0.05, 0) is 43.9 Å². The maximum Gasteiger partial charge on any atom is 0.265 e. The van der Waals surface area contributed by atoms with Crippen LogP contribution in [0.15, 0.2) is 29.2 Å². The van der Waals surface area contributed by atoms with Gasteiger partial charge < -0.3 is 9.80 Å². The number of carbonyl (C=O) groups is 1. The molecule has 0 aliphatic rings. The van der Waals surface area contributed by atoms with Crippen molar-refractivity contribution in [3.05, 3.63) is 34.7 Å². The first-order chi connectivity index (χ1) is 9.90. The highest BCUT2D eigenvalue weighted by Crippen LogP contribution is 2.21. The minimum absolute atomic E-state index is 0.0517. The van der Waals surface area contributed by atoms with Crippen LogP contribution in [0, 0.1) is 0 Å².